The van der Waals surface area contributed by atoms with Gasteiger partial charge in [-0.2, -0.15) is 0 Å². The van der Waals surface area contributed by atoms with Gasteiger partial charge in [-0.25, -0.2) is 0 Å². The molecule has 2 unspecified atom stereocenters. The number of nitrogens with one attached hydrogen (secondary N) is 2. The highest BCUT2D eigenvalue weighted by Gasteiger charge is 2.33. The normalized spacial score (nSPS) is 23.4. The van der Waals surface area contributed by atoms with Crippen molar-refractivity contribution in [3.8, 4) is 0 Å². The lowest BCUT2D eigenvalue weighted by Gasteiger charge is -2.16. The molecule has 2 N–H and O–H groups in total. The Kier molecular flexibility index (Phi) is 8.31. The molecule has 142 valence electrons. The summed E-state index contributed by atoms with van der Waals surface area (Å²) >= 11 is 1.71. The first-order valence-corrected chi connectivity index (χ1v) is 10.4. The number of aromatic nitrogens is 3. The van der Waals surface area contributed by atoms with Crippen molar-refractivity contribution in [2.24, 2.45) is 10.9 Å². The van der Waals surface area contributed by atoms with E-state index in [1.165, 1.54) is 32.1 Å². The summed E-state index contributed by atoms with van der Waals surface area (Å²) in [6, 6.07) is 1.21. The molecule has 2 saturated carbocycles. The van der Waals surface area contributed by atoms with Gasteiger partial charge in [0.25, 0.3) is 0 Å². The molecular formula is C17H31IN6S. The predicted molar refractivity (Wildman–Crippen MR) is 115 cm³/mol. The third-order valence-electron chi connectivity index (χ3n) is 5.13. The first-order valence-electron chi connectivity index (χ1n) is 9.18. The van der Waals surface area contributed by atoms with E-state index in [0.717, 1.165) is 42.2 Å². The lowest BCUT2D eigenvalue weighted by molar-refractivity contribution is 0.460. The van der Waals surface area contributed by atoms with Crippen molar-refractivity contribution in [3.63, 3.8) is 0 Å². The molecule has 6 nitrogen and oxygen atoms in total. The Morgan fingerprint density at radius 2 is 2.04 bits per heavy atom. The highest BCUT2D eigenvalue weighted by Crippen LogP contribution is 2.33. The van der Waals surface area contributed by atoms with Gasteiger partial charge in [-0.15, -0.1) is 34.2 Å². The van der Waals surface area contributed by atoms with Crippen LogP contribution in [0, 0.1) is 5.92 Å². The Hall–Kier alpha value is -0.510. The molecule has 0 radical (unpaired) electrons. The second-order valence-corrected chi connectivity index (χ2v) is 7.75. The number of hydrogen-bond acceptors (Lipinski definition) is 4. The number of guanidine groups is 1. The number of rotatable bonds is 7. The highest BCUT2D eigenvalue weighted by molar-refractivity contribution is 14.0. The van der Waals surface area contributed by atoms with E-state index in [4.69, 9.17) is 0 Å². The molecule has 2 atom stereocenters. The summed E-state index contributed by atoms with van der Waals surface area (Å²) in [5.41, 5.74) is 0. The predicted octanol–water partition coefficient (Wildman–Crippen LogP) is 3.24. The van der Waals surface area contributed by atoms with Crippen LogP contribution in [-0.4, -0.2) is 46.6 Å². The fourth-order valence-electron chi connectivity index (χ4n) is 3.49. The van der Waals surface area contributed by atoms with Crippen LogP contribution in [-0.2, 0) is 6.42 Å². The van der Waals surface area contributed by atoms with Crippen molar-refractivity contribution in [3.05, 3.63) is 5.82 Å². The first kappa shape index (κ1) is 20.8. The van der Waals surface area contributed by atoms with Gasteiger partial charge in [-0.05, 0) is 37.9 Å². The third kappa shape index (κ3) is 5.48. The molecule has 0 aliphatic heterocycles. The van der Waals surface area contributed by atoms with Crippen molar-refractivity contribution in [2.45, 2.75) is 69.1 Å². The summed E-state index contributed by atoms with van der Waals surface area (Å²) in [5.74, 6) is 2.84. The second kappa shape index (κ2) is 9.99. The molecule has 0 bridgehead atoms. The lowest BCUT2D eigenvalue weighted by atomic mass is 10.2. The number of aliphatic imine (C=N–C) groups is 1. The smallest absolute Gasteiger partial charge is 0.191 e. The highest BCUT2D eigenvalue weighted by atomic mass is 127. The maximum Gasteiger partial charge on any atom is 0.191 e. The minimum Gasteiger partial charge on any atom is -0.356 e. The quantitative estimate of drug-likeness (QED) is 0.207. The van der Waals surface area contributed by atoms with Gasteiger partial charge in [0, 0.05) is 32.1 Å². The molecule has 0 spiro atoms. The molecule has 0 amide bonds. The second-order valence-electron chi connectivity index (χ2n) is 6.98. The van der Waals surface area contributed by atoms with Gasteiger partial charge in [-0.1, -0.05) is 31.5 Å². The van der Waals surface area contributed by atoms with E-state index in [1.807, 2.05) is 7.05 Å². The summed E-state index contributed by atoms with van der Waals surface area (Å²) in [4.78, 5) is 4.30. The number of nitrogens with zero attached hydrogens (tertiary/aromatic N) is 4. The van der Waals surface area contributed by atoms with Gasteiger partial charge >= 0.3 is 0 Å². The standard InChI is InChI=1S/C17H30N6S.HI/c1-12-11-14(12)20-16(18-2)19-10-6-9-15-21-22-17(24-3)23(15)13-7-4-5-8-13;/h12-14H,4-11H2,1-3H3,(H2,18,19,20);1H. The van der Waals surface area contributed by atoms with E-state index in [9.17, 15) is 0 Å². The lowest BCUT2D eigenvalue weighted by Crippen LogP contribution is -2.39. The monoisotopic (exact) mass is 478 g/mol. The number of halogens is 1. The van der Waals surface area contributed by atoms with Crippen molar-refractivity contribution in [1.82, 2.24) is 25.4 Å². The van der Waals surface area contributed by atoms with E-state index in [1.54, 1.807) is 11.8 Å². The van der Waals surface area contributed by atoms with Crippen molar-refractivity contribution in [2.75, 3.05) is 19.8 Å². The van der Waals surface area contributed by atoms with Crippen LogP contribution >= 0.6 is 35.7 Å². The van der Waals surface area contributed by atoms with Crippen LogP contribution in [0.3, 0.4) is 0 Å². The van der Waals surface area contributed by atoms with Crippen LogP contribution in [0.4, 0.5) is 0 Å². The van der Waals surface area contributed by atoms with E-state index >= 15 is 0 Å². The van der Waals surface area contributed by atoms with E-state index < -0.39 is 0 Å². The molecule has 0 saturated heterocycles. The number of thioether (sulfide) groups is 1. The van der Waals surface area contributed by atoms with Gasteiger partial charge < -0.3 is 15.2 Å². The third-order valence-corrected chi connectivity index (χ3v) is 5.78. The molecule has 1 aromatic rings. The van der Waals surface area contributed by atoms with Crippen LogP contribution < -0.4 is 10.6 Å². The summed E-state index contributed by atoms with van der Waals surface area (Å²) in [6.45, 7) is 3.18. The summed E-state index contributed by atoms with van der Waals surface area (Å²) in [5, 5.41) is 16.8. The Labute approximate surface area is 172 Å². The average molecular weight is 478 g/mol. The topological polar surface area (TPSA) is 67.1 Å². The van der Waals surface area contributed by atoms with Gasteiger partial charge in [0.15, 0.2) is 11.1 Å². The molecule has 8 heteroatoms. The molecule has 2 fully saturated rings. The van der Waals surface area contributed by atoms with Crippen molar-refractivity contribution >= 4 is 41.7 Å². The zero-order valence-corrected chi connectivity index (χ0v) is 18.6. The minimum absolute atomic E-state index is 0. The Bertz CT molecular complexity index is 569. The fourth-order valence-corrected chi connectivity index (χ4v) is 4.07. The number of hydrogen-bond donors (Lipinski definition) is 2. The van der Waals surface area contributed by atoms with Crippen LogP contribution in [0.2, 0.25) is 0 Å². The molecule has 2 aliphatic rings. The van der Waals surface area contributed by atoms with Gasteiger partial charge in [0.1, 0.15) is 5.82 Å². The number of aryl methyl sites for hydroxylation is 1. The molecule has 0 aromatic carbocycles. The van der Waals surface area contributed by atoms with E-state index in [2.05, 4.69) is 43.6 Å². The molecule has 1 heterocycles. The largest absolute Gasteiger partial charge is 0.356 e. The molecule has 1 aromatic heterocycles. The fraction of sp³-hybridized carbons (Fsp3) is 0.824. The van der Waals surface area contributed by atoms with Gasteiger partial charge in [0.05, 0.1) is 0 Å². The minimum atomic E-state index is 0. The Morgan fingerprint density at radius 3 is 2.64 bits per heavy atom. The summed E-state index contributed by atoms with van der Waals surface area (Å²) < 4.78 is 2.40. The molecule has 3 rings (SSSR count). The Balaban J connectivity index is 0.00000225. The average Bonchev–Trinajstić information content (AvgIpc) is 3.01. The van der Waals surface area contributed by atoms with Crippen LogP contribution in [0.5, 0.6) is 0 Å². The molecular weight excluding hydrogens is 447 g/mol. The van der Waals surface area contributed by atoms with Gasteiger partial charge in [0.2, 0.25) is 0 Å². The summed E-state index contributed by atoms with van der Waals surface area (Å²) in [6.07, 6.45) is 10.6. The SMILES string of the molecule is CN=C(NCCCc1nnc(SC)n1C1CCCC1)NC1CC1C.I. The zero-order valence-electron chi connectivity index (χ0n) is 15.5. The maximum absolute atomic E-state index is 4.46. The maximum atomic E-state index is 4.46. The van der Waals surface area contributed by atoms with E-state index in [0.29, 0.717) is 12.1 Å². The van der Waals surface area contributed by atoms with E-state index in [-0.39, 0.29) is 24.0 Å². The summed E-state index contributed by atoms with van der Waals surface area (Å²) in [7, 11) is 1.84. The van der Waals surface area contributed by atoms with Crippen molar-refractivity contribution < 1.29 is 0 Å². The molecule has 2 aliphatic carbocycles. The van der Waals surface area contributed by atoms with Crippen LogP contribution in [0.25, 0.3) is 0 Å². The van der Waals surface area contributed by atoms with Crippen LogP contribution in [0.15, 0.2) is 10.1 Å². The van der Waals surface area contributed by atoms with Gasteiger partial charge in [-0.3, -0.25) is 4.99 Å². The van der Waals surface area contributed by atoms with Crippen LogP contribution in [0.1, 0.15) is 57.3 Å². The first-order chi connectivity index (χ1) is 11.7. The molecule has 25 heavy (non-hydrogen) atoms. The zero-order chi connectivity index (χ0) is 16.9. The van der Waals surface area contributed by atoms with Crippen molar-refractivity contribution in [1.29, 1.82) is 0 Å². The Morgan fingerprint density at radius 1 is 1.32 bits per heavy atom.